The van der Waals surface area contributed by atoms with Gasteiger partial charge in [-0.25, -0.2) is 4.39 Å². The molecular weight excluding hydrogens is 1660 g/mol. The summed E-state index contributed by atoms with van der Waals surface area (Å²) < 4.78 is 31.3. The highest BCUT2D eigenvalue weighted by molar-refractivity contribution is 6.27. The molecule has 0 fully saturated rings. The van der Waals surface area contributed by atoms with Crippen LogP contribution in [0.15, 0.2) is 491 Å². The average Bonchev–Trinajstić information content (AvgIpc) is 0.996. The summed E-state index contributed by atoms with van der Waals surface area (Å²) in [5.41, 5.74) is 29.7. The van der Waals surface area contributed by atoms with Crippen LogP contribution < -0.4 is 29.1 Å². The van der Waals surface area contributed by atoms with Crippen LogP contribution in [0.5, 0.6) is 23.0 Å². The molecule has 136 heavy (non-hydrogen) atoms. The number of fused-ring (bicyclic) bond motifs is 15. The summed E-state index contributed by atoms with van der Waals surface area (Å²) in [7, 11) is 0. The monoisotopic (exact) mass is 1740 g/mol. The first-order chi connectivity index (χ1) is 67.1. The van der Waals surface area contributed by atoms with Gasteiger partial charge in [0.2, 0.25) is 0 Å². The molecule has 6 nitrogen and oxygen atoms in total. The van der Waals surface area contributed by atoms with Crippen LogP contribution in [0.25, 0.3) is 143 Å². The second kappa shape index (κ2) is 33.3. The molecule has 26 rings (SSSR count). The van der Waals surface area contributed by atoms with Crippen molar-refractivity contribution >= 4 is 133 Å². The first-order valence-electron chi connectivity index (χ1n) is 46.5. The van der Waals surface area contributed by atoms with E-state index in [1.54, 1.807) is 6.07 Å². The van der Waals surface area contributed by atoms with Crippen molar-refractivity contribution in [2.45, 2.75) is 19.3 Å². The number of rotatable bonds is 16. The third-order valence-corrected chi connectivity index (χ3v) is 27.7. The number of nitrogens with zero attached hydrogens (tertiary/aromatic N) is 4. The molecule has 0 amide bonds. The van der Waals surface area contributed by atoms with Gasteiger partial charge in [-0.15, -0.1) is 0 Å². The lowest BCUT2D eigenvalue weighted by Gasteiger charge is -2.30. The highest BCUT2D eigenvalue weighted by atomic mass is 19.1. The molecule has 23 aromatic rings. The van der Waals surface area contributed by atoms with Crippen molar-refractivity contribution in [1.82, 2.24) is 0 Å². The largest absolute Gasteiger partial charge is 0.456 e. The minimum atomic E-state index is -0.326. The lowest BCUT2D eigenvalue weighted by Crippen LogP contribution is -2.16. The summed E-state index contributed by atoms with van der Waals surface area (Å²) in [5.74, 6) is 2.89. The van der Waals surface area contributed by atoms with E-state index in [1.165, 1.54) is 87.6 Å². The number of anilines is 12. The fraction of sp³-hybridized carbons (Fsp3) is 0.0233. The van der Waals surface area contributed by atoms with E-state index in [4.69, 9.17) is 9.47 Å². The van der Waals surface area contributed by atoms with Gasteiger partial charge in [0.05, 0.1) is 11.4 Å². The Morgan fingerprint density at radius 3 is 0.926 bits per heavy atom. The summed E-state index contributed by atoms with van der Waals surface area (Å²) in [6, 6.07) is 174. The number of ether oxygens (including phenoxy) is 2. The predicted molar refractivity (Wildman–Crippen MR) is 567 cm³/mol. The molecule has 0 bridgehead atoms. The Labute approximate surface area is 789 Å². The van der Waals surface area contributed by atoms with Crippen molar-refractivity contribution in [3.05, 3.63) is 508 Å². The molecule has 0 unspecified atom stereocenters. The molecule has 0 radical (unpaired) electrons. The Balaban J connectivity index is 0.000000145. The van der Waals surface area contributed by atoms with E-state index < -0.39 is 0 Å². The molecule has 0 atom stereocenters. The SMILES string of the molecule is CC1(C)c2ccccc2-c2ccc(N(c3ccccc3)c3ccc4c(c3)Oc3cccc5c3c-4cc3c4ccccc4c(-c4ccc(N(c6ccccc6)c6ccccc6)cc4)cc53)cc21.Fc1cc(-c2ccccc2)cc(-c2ccccc2)c1N(c1ccccc1)c1ccc2c(c1)Oc1cccc3c1c-2cc1c2ccccc2c(-c2ccc(N(c4ccccc4)c4ccccc4)cc2)cc31. The van der Waals surface area contributed by atoms with Crippen molar-refractivity contribution in [3.63, 3.8) is 0 Å². The van der Waals surface area contributed by atoms with E-state index in [1.807, 2.05) is 95.9 Å². The standard InChI is InChI=1S/C66H43FN2O.C63H44N2O/c67-62-40-47(44-19-6-1-7-20-44)39-58(45-21-8-2-9-22-45)66(62)69(50-27-14-5-15-28-50)52-37-38-55-61-43-59-54-30-17-16-29-53(54)57(42-60(59)56-31-18-32-63(65(56)61)70-64(55)41-52)46-33-35-51(36-34-46)68(48-23-10-3-11-24-48)49-25-12-4-13-26-49;1-63(2)58-27-15-14-25-50(58)51-35-33-46(37-59(51)63)65(44-21-10-5-11-22-44)47-34-36-52-57-40-55-49-24-13-12-23-48(49)54(39-56(55)53-26-16-28-60(62(53)57)66-61(52)38-47)41-29-31-45(32-30-41)64(42-17-6-3-7-18-42)43-19-8-4-9-20-43/h1-43H;3-40H,1-2H3. The van der Waals surface area contributed by atoms with Gasteiger partial charge in [0, 0.05) is 102 Å². The molecule has 1 aliphatic carbocycles. The number of para-hydroxylation sites is 6. The van der Waals surface area contributed by atoms with Gasteiger partial charge in [-0.3, -0.25) is 0 Å². The topological polar surface area (TPSA) is 31.4 Å². The van der Waals surface area contributed by atoms with Crippen LogP contribution in [0.4, 0.5) is 72.6 Å². The summed E-state index contributed by atoms with van der Waals surface area (Å²) in [6.45, 7) is 4.69. The van der Waals surface area contributed by atoms with Crippen LogP contribution in [0, 0.1) is 5.82 Å². The molecule has 0 spiro atoms. The van der Waals surface area contributed by atoms with Crippen LogP contribution in [-0.2, 0) is 5.41 Å². The zero-order valence-corrected chi connectivity index (χ0v) is 74.7. The number of halogens is 1. The van der Waals surface area contributed by atoms with E-state index >= 15 is 4.39 Å². The van der Waals surface area contributed by atoms with Gasteiger partial charge in [0.1, 0.15) is 28.8 Å². The van der Waals surface area contributed by atoms with Gasteiger partial charge in [0.15, 0.2) is 0 Å². The maximum atomic E-state index is 17.3. The molecule has 2 heterocycles. The van der Waals surface area contributed by atoms with Crippen molar-refractivity contribution < 1.29 is 13.9 Å². The van der Waals surface area contributed by atoms with Gasteiger partial charge in [0.25, 0.3) is 0 Å². The maximum Gasteiger partial charge on any atom is 0.148 e. The second-order valence-corrected chi connectivity index (χ2v) is 35.8. The molecule has 2 aliphatic heterocycles. The number of hydrogen-bond donors (Lipinski definition) is 0. The molecule has 3 aliphatic rings. The van der Waals surface area contributed by atoms with Gasteiger partial charge in [-0.2, -0.15) is 0 Å². The fourth-order valence-corrected chi connectivity index (χ4v) is 21.4. The molecule has 0 N–H and O–H groups in total. The van der Waals surface area contributed by atoms with Crippen LogP contribution in [0.2, 0.25) is 0 Å². The predicted octanol–water partition coefficient (Wildman–Crippen LogP) is 36.8. The normalized spacial score (nSPS) is 12.3. The van der Waals surface area contributed by atoms with Crippen LogP contribution >= 0.6 is 0 Å². The summed E-state index contributed by atoms with van der Waals surface area (Å²) in [5, 5.41) is 14.1. The van der Waals surface area contributed by atoms with Gasteiger partial charge >= 0.3 is 0 Å². The third-order valence-electron chi connectivity index (χ3n) is 27.7. The zero-order valence-electron chi connectivity index (χ0n) is 74.7. The smallest absolute Gasteiger partial charge is 0.148 e. The summed E-state index contributed by atoms with van der Waals surface area (Å²) in [6.07, 6.45) is 0. The van der Waals surface area contributed by atoms with Crippen molar-refractivity contribution in [3.8, 4) is 101 Å². The van der Waals surface area contributed by atoms with Gasteiger partial charge in [-0.05, 0) is 308 Å². The van der Waals surface area contributed by atoms with E-state index in [-0.39, 0.29) is 11.2 Å². The highest BCUT2D eigenvalue weighted by Gasteiger charge is 2.37. The molecule has 642 valence electrons. The maximum absolute atomic E-state index is 17.3. The quantitative estimate of drug-likeness (QED) is 0.0897. The highest BCUT2D eigenvalue weighted by Crippen LogP contribution is 2.58. The molecular formula is C129H87FN4O2. The van der Waals surface area contributed by atoms with Gasteiger partial charge in [-0.1, -0.05) is 311 Å². The minimum Gasteiger partial charge on any atom is -0.456 e. The lowest BCUT2D eigenvalue weighted by atomic mass is 9.82. The lowest BCUT2D eigenvalue weighted by molar-refractivity contribution is 0.487. The van der Waals surface area contributed by atoms with E-state index in [9.17, 15) is 0 Å². The van der Waals surface area contributed by atoms with E-state index in [0.29, 0.717) is 11.4 Å². The first-order valence-corrected chi connectivity index (χ1v) is 46.5. The van der Waals surface area contributed by atoms with Crippen LogP contribution in [0.1, 0.15) is 25.0 Å². The fourth-order valence-electron chi connectivity index (χ4n) is 21.4. The molecule has 0 saturated heterocycles. The Morgan fingerprint density at radius 2 is 0.485 bits per heavy atom. The van der Waals surface area contributed by atoms with Crippen LogP contribution in [0.3, 0.4) is 0 Å². The Kier molecular flexibility index (Phi) is 19.7. The Bertz CT molecular complexity index is 8530. The van der Waals surface area contributed by atoms with Crippen LogP contribution in [-0.4, -0.2) is 0 Å². The summed E-state index contributed by atoms with van der Waals surface area (Å²) in [4.78, 5) is 8.99. The molecule has 7 heteroatoms. The molecule has 23 aromatic carbocycles. The number of hydrogen-bond acceptors (Lipinski definition) is 6. The molecule has 0 aromatic heterocycles. The van der Waals surface area contributed by atoms with Crippen molar-refractivity contribution in [1.29, 1.82) is 0 Å². The van der Waals surface area contributed by atoms with E-state index in [0.717, 1.165) is 146 Å². The van der Waals surface area contributed by atoms with Crippen molar-refractivity contribution in [2.24, 2.45) is 0 Å². The molecule has 0 saturated carbocycles. The third kappa shape index (κ3) is 13.8. The average molecular weight is 1740 g/mol. The van der Waals surface area contributed by atoms with Crippen molar-refractivity contribution in [2.75, 3.05) is 19.6 Å². The Morgan fingerprint density at radius 1 is 0.176 bits per heavy atom. The first kappa shape index (κ1) is 80.4. The second-order valence-electron chi connectivity index (χ2n) is 35.8. The summed E-state index contributed by atoms with van der Waals surface area (Å²) >= 11 is 0. The number of benzene rings is 23. The van der Waals surface area contributed by atoms with E-state index in [2.05, 4.69) is 423 Å². The zero-order chi connectivity index (χ0) is 90.5. The van der Waals surface area contributed by atoms with Gasteiger partial charge < -0.3 is 29.1 Å². The Hall–Kier alpha value is -17.7. The minimum absolute atomic E-state index is 0.114.